The van der Waals surface area contributed by atoms with E-state index in [1.54, 1.807) is 0 Å². The molecule has 0 aliphatic carbocycles. The van der Waals surface area contributed by atoms with Gasteiger partial charge in [0.2, 0.25) is 0 Å². The van der Waals surface area contributed by atoms with Crippen LogP contribution in [-0.2, 0) is 12.8 Å². The molecule has 0 radical (unpaired) electrons. The highest BCUT2D eigenvalue weighted by atomic mass is 15.1. The molecule has 6 heteroatoms. The second-order valence-corrected chi connectivity index (χ2v) is 7.87. The van der Waals surface area contributed by atoms with E-state index in [1.807, 2.05) is 18.6 Å². The number of aromatic amines is 3. The Balaban J connectivity index is 1.59. The average Bonchev–Trinajstić information content (AvgIpc) is 3.58. The van der Waals surface area contributed by atoms with E-state index in [9.17, 15) is 0 Å². The summed E-state index contributed by atoms with van der Waals surface area (Å²) in [7, 11) is 0. The van der Waals surface area contributed by atoms with Crippen LogP contribution < -0.4 is 0 Å². The Kier molecular flexibility index (Phi) is 3.93. The first-order valence-corrected chi connectivity index (χ1v) is 10.7. The van der Waals surface area contributed by atoms with Crippen LogP contribution >= 0.6 is 0 Å². The van der Waals surface area contributed by atoms with Gasteiger partial charge in [-0.1, -0.05) is 38.1 Å². The number of rotatable bonds is 4. The van der Waals surface area contributed by atoms with Crippen molar-refractivity contribution in [2.45, 2.75) is 26.7 Å². The van der Waals surface area contributed by atoms with Crippen LogP contribution in [0.1, 0.15) is 25.5 Å². The van der Waals surface area contributed by atoms with Gasteiger partial charge in [0.15, 0.2) is 0 Å². The highest BCUT2D eigenvalue weighted by molar-refractivity contribution is 6.25. The zero-order valence-electron chi connectivity index (χ0n) is 17.5. The van der Waals surface area contributed by atoms with Gasteiger partial charge in [-0.3, -0.25) is 5.10 Å². The van der Waals surface area contributed by atoms with Gasteiger partial charge in [0.05, 0.1) is 35.5 Å². The van der Waals surface area contributed by atoms with Crippen LogP contribution in [0.2, 0.25) is 0 Å². The van der Waals surface area contributed by atoms with Gasteiger partial charge >= 0.3 is 0 Å². The molecular weight excluding hydrogens is 384 g/mol. The SMILES string of the molecule is CCc1ncc(-c2ccc3c(c2)c2cn[nH]c2c2cc(-c4cnc(CC)[nH]4)ccc32)[nH]1. The first kappa shape index (κ1) is 17.9. The third-order valence-corrected chi connectivity index (χ3v) is 6.08. The van der Waals surface area contributed by atoms with Crippen LogP contribution in [0, 0.1) is 0 Å². The predicted octanol–water partition coefficient (Wildman–Crippen LogP) is 5.77. The highest BCUT2D eigenvalue weighted by Crippen LogP contribution is 2.37. The number of imidazole rings is 2. The molecule has 0 spiro atoms. The standard InChI is InChI=1S/C25H22N6/c1-3-23-26-12-21(29-23)14-5-7-16-17-8-6-15(22-13-27-24(4-2)30-22)10-19(17)25-20(11-28-31-25)18(16)9-14/h5-13H,3-4H2,1-2H3,(H,26,29)(H,27,30)(H,28,31). The first-order valence-electron chi connectivity index (χ1n) is 10.7. The summed E-state index contributed by atoms with van der Waals surface area (Å²) in [5.74, 6) is 2.00. The third kappa shape index (κ3) is 2.75. The average molecular weight is 406 g/mol. The summed E-state index contributed by atoms with van der Waals surface area (Å²) in [4.78, 5) is 15.7. The Morgan fingerprint density at radius 1 is 0.645 bits per heavy atom. The van der Waals surface area contributed by atoms with Crippen molar-refractivity contribution in [3.05, 3.63) is 66.6 Å². The van der Waals surface area contributed by atoms with Gasteiger partial charge < -0.3 is 9.97 Å². The summed E-state index contributed by atoms with van der Waals surface area (Å²) in [6.45, 7) is 4.20. The highest BCUT2D eigenvalue weighted by Gasteiger charge is 2.13. The van der Waals surface area contributed by atoms with Crippen molar-refractivity contribution in [3.8, 4) is 22.5 Å². The van der Waals surface area contributed by atoms with Crippen molar-refractivity contribution >= 4 is 32.4 Å². The van der Waals surface area contributed by atoms with E-state index >= 15 is 0 Å². The molecule has 3 heterocycles. The smallest absolute Gasteiger partial charge is 0.106 e. The normalized spacial score (nSPS) is 11.8. The Morgan fingerprint density at radius 3 is 1.81 bits per heavy atom. The second kappa shape index (κ2) is 6.80. The number of nitrogens with zero attached hydrogens (tertiary/aromatic N) is 3. The Labute approximate surface area is 178 Å². The van der Waals surface area contributed by atoms with E-state index in [2.05, 4.69) is 80.4 Å². The summed E-state index contributed by atoms with van der Waals surface area (Å²) in [5, 5.41) is 13.5. The fourth-order valence-electron chi connectivity index (χ4n) is 4.40. The van der Waals surface area contributed by atoms with Gasteiger partial charge in [-0.05, 0) is 28.3 Å². The minimum Gasteiger partial charge on any atom is -0.342 e. The van der Waals surface area contributed by atoms with Crippen molar-refractivity contribution in [2.24, 2.45) is 0 Å². The van der Waals surface area contributed by atoms with Gasteiger partial charge in [-0.25, -0.2) is 9.97 Å². The number of H-pyrrole nitrogens is 3. The fraction of sp³-hybridized carbons (Fsp3) is 0.160. The Morgan fingerprint density at radius 2 is 1.23 bits per heavy atom. The lowest BCUT2D eigenvalue weighted by Gasteiger charge is -2.10. The Bertz CT molecular complexity index is 1450. The minimum absolute atomic E-state index is 0.890. The number of nitrogens with one attached hydrogen (secondary N) is 3. The number of hydrogen-bond donors (Lipinski definition) is 3. The molecule has 0 atom stereocenters. The zero-order valence-corrected chi connectivity index (χ0v) is 17.5. The molecule has 31 heavy (non-hydrogen) atoms. The third-order valence-electron chi connectivity index (χ3n) is 6.08. The van der Waals surface area contributed by atoms with Crippen LogP contribution in [0.15, 0.2) is 55.0 Å². The van der Waals surface area contributed by atoms with Crippen molar-refractivity contribution < 1.29 is 0 Å². The van der Waals surface area contributed by atoms with Gasteiger partial charge in [-0.2, -0.15) is 5.10 Å². The van der Waals surface area contributed by atoms with E-state index in [0.29, 0.717) is 0 Å². The van der Waals surface area contributed by atoms with Crippen LogP contribution in [0.5, 0.6) is 0 Å². The number of hydrogen-bond acceptors (Lipinski definition) is 3. The minimum atomic E-state index is 0.890. The maximum Gasteiger partial charge on any atom is 0.106 e. The van der Waals surface area contributed by atoms with E-state index < -0.39 is 0 Å². The first-order chi connectivity index (χ1) is 15.2. The number of aromatic nitrogens is 6. The molecule has 0 fully saturated rings. The molecule has 3 aromatic carbocycles. The zero-order chi connectivity index (χ0) is 20.9. The lowest BCUT2D eigenvalue weighted by molar-refractivity contribution is 0.990. The summed E-state index contributed by atoms with van der Waals surface area (Å²) in [5.41, 5.74) is 5.37. The molecule has 0 aliphatic heterocycles. The van der Waals surface area contributed by atoms with E-state index in [0.717, 1.165) is 63.3 Å². The molecule has 0 aliphatic rings. The molecule has 152 valence electrons. The van der Waals surface area contributed by atoms with Crippen LogP contribution in [0.3, 0.4) is 0 Å². The summed E-state index contributed by atoms with van der Waals surface area (Å²) in [6, 6.07) is 13.2. The van der Waals surface area contributed by atoms with Crippen molar-refractivity contribution in [2.75, 3.05) is 0 Å². The lowest BCUT2D eigenvalue weighted by Crippen LogP contribution is -1.87. The number of aryl methyl sites for hydroxylation is 2. The van der Waals surface area contributed by atoms with Crippen molar-refractivity contribution in [1.82, 2.24) is 30.1 Å². The predicted molar refractivity (Wildman–Crippen MR) is 125 cm³/mol. The monoisotopic (exact) mass is 406 g/mol. The quantitative estimate of drug-likeness (QED) is 0.325. The topological polar surface area (TPSA) is 86.0 Å². The molecule has 0 amide bonds. The molecule has 6 rings (SSSR count). The van der Waals surface area contributed by atoms with Gasteiger partial charge in [0, 0.05) is 34.7 Å². The molecule has 0 saturated carbocycles. The summed E-state index contributed by atoms with van der Waals surface area (Å²) < 4.78 is 0. The fourth-order valence-corrected chi connectivity index (χ4v) is 4.40. The van der Waals surface area contributed by atoms with Crippen LogP contribution in [-0.4, -0.2) is 30.1 Å². The van der Waals surface area contributed by atoms with Gasteiger partial charge in [0.25, 0.3) is 0 Å². The molecular formula is C25H22N6. The summed E-state index contributed by atoms with van der Waals surface area (Å²) in [6.07, 6.45) is 7.52. The second-order valence-electron chi connectivity index (χ2n) is 7.87. The van der Waals surface area contributed by atoms with Crippen molar-refractivity contribution in [1.29, 1.82) is 0 Å². The van der Waals surface area contributed by atoms with E-state index in [1.165, 1.54) is 16.2 Å². The maximum absolute atomic E-state index is 4.46. The molecule has 3 N–H and O–H groups in total. The van der Waals surface area contributed by atoms with Crippen molar-refractivity contribution in [3.63, 3.8) is 0 Å². The Hall–Kier alpha value is -3.93. The van der Waals surface area contributed by atoms with Crippen LogP contribution in [0.25, 0.3) is 55.0 Å². The molecule has 3 aromatic heterocycles. The largest absolute Gasteiger partial charge is 0.342 e. The molecule has 0 bridgehead atoms. The van der Waals surface area contributed by atoms with E-state index in [4.69, 9.17) is 0 Å². The van der Waals surface area contributed by atoms with Gasteiger partial charge in [-0.15, -0.1) is 0 Å². The number of benzene rings is 3. The van der Waals surface area contributed by atoms with Crippen LogP contribution in [0.4, 0.5) is 0 Å². The lowest BCUT2D eigenvalue weighted by atomic mass is 9.94. The summed E-state index contributed by atoms with van der Waals surface area (Å²) >= 11 is 0. The van der Waals surface area contributed by atoms with E-state index in [-0.39, 0.29) is 0 Å². The van der Waals surface area contributed by atoms with Gasteiger partial charge in [0.1, 0.15) is 11.6 Å². The maximum atomic E-state index is 4.46. The molecule has 0 saturated heterocycles. The molecule has 6 nitrogen and oxygen atoms in total. The molecule has 0 unspecified atom stereocenters. The number of fused-ring (bicyclic) bond motifs is 6. The molecule has 6 aromatic rings.